The van der Waals surface area contributed by atoms with E-state index in [-0.39, 0.29) is 23.6 Å². The number of hydrogen-bond acceptors (Lipinski definition) is 5. The first-order chi connectivity index (χ1) is 10.8. The zero-order valence-corrected chi connectivity index (χ0v) is 14.2. The lowest BCUT2D eigenvalue weighted by atomic mass is 10.1. The van der Waals surface area contributed by atoms with Crippen molar-refractivity contribution in [3.63, 3.8) is 0 Å². The molecule has 2 rings (SSSR count). The molecule has 7 heteroatoms. The van der Waals surface area contributed by atoms with Crippen LogP contribution in [0.15, 0.2) is 39.6 Å². The van der Waals surface area contributed by atoms with Crippen molar-refractivity contribution in [2.45, 2.75) is 31.3 Å². The van der Waals surface area contributed by atoms with Crippen LogP contribution in [0.5, 0.6) is 5.75 Å². The second kappa shape index (κ2) is 7.16. The number of aliphatic hydroxyl groups excluding tert-OH is 1. The molecule has 1 atom stereocenters. The Bertz CT molecular complexity index is 767. The van der Waals surface area contributed by atoms with E-state index in [9.17, 15) is 13.5 Å². The van der Waals surface area contributed by atoms with E-state index < -0.39 is 16.1 Å². The van der Waals surface area contributed by atoms with Crippen LogP contribution in [0.1, 0.15) is 29.6 Å². The van der Waals surface area contributed by atoms with Crippen molar-refractivity contribution in [1.29, 1.82) is 0 Å². The van der Waals surface area contributed by atoms with Gasteiger partial charge in [-0.15, -0.1) is 0 Å². The molecule has 1 aromatic carbocycles. The number of aliphatic hydroxyl groups is 1. The van der Waals surface area contributed by atoms with Crippen LogP contribution in [-0.4, -0.2) is 27.2 Å². The molecule has 1 aromatic heterocycles. The van der Waals surface area contributed by atoms with E-state index in [0.29, 0.717) is 17.1 Å². The predicted molar refractivity (Wildman–Crippen MR) is 85.9 cm³/mol. The topological polar surface area (TPSA) is 88.8 Å². The smallest absolute Gasteiger partial charge is 0.244 e. The Morgan fingerprint density at radius 3 is 2.61 bits per heavy atom. The van der Waals surface area contributed by atoms with Crippen molar-refractivity contribution in [2.75, 3.05) is 13.7 Å². The molecule has 0 aliphatic heterocycles. The second-order valence-electron chi connectivity index (χ2n) is 5.22. The third kappa shape index (κ3) is 4.13. The lowest BCUT2D eigenvalue weighted by molar-refractivity contribution is 0.167. The Morgan fingerprint density at radius 1 is 1.30 bits per heavy atom. The summed E-state index contributed by atoms with van der Waals surface area (Å²) in [5.41, 5.74) is 0.680. The van der Waals surface area contributed by atoms with Gasteiger partial charge in [-0.2, -0.15) is 0 Å². The van der Waals surface area contributed by atoms with Crippen molar-refractivity contribution < 1.29 is 22.7 Å². The van der Waals surface area contributed by atoms with Gasteiger partial charge < -0.3 is 14.3 Å². The summed E-state index contributed by atoms with van der Waals surface area (Å²) in [6.07, 6.45) is -0.540. The first kappa shape index (κ1) is 17.5. The summed E-state index contributed by atoms with van der Waals surface area (Å²) in [5, 5.41) is 10.2. The number of para-hydroxylation sites is 1. The molecule has 0 bridgehead atoms. The van der Waals surface area contributed by atoms with E-state index in [1.807, 2.05) is 0 Å². The molecule has 1 heterocycles. The quantitative estimate of drug-likeness (QED) is 0.808. The molecule has 2 aromatic rings. The van der Waals surface area contributed by atoms with Crippen LogP contribution >= 0.6 is 0 Å². The number of nitrogens with one attached hydrogen (secondary N) is 1. The molecule has 23 heavy (non-hydrogen) atoms. The summed E-state index contributed by atoms with van der Waals surface area (Å²) in [6.45, 7) is 3.67. The average molecular weight is 339 g/mol. The molecule has 0 aliphatic carbocycles. The largest absolute Gasteiger partial charge is 0.495 e. The van der Waals surface area contributed by atoms with E-state index in [1.165, 1.54) is 13.2 Å². The van der Waals surface area contributed by atoms with Crippen LogP contribution in [0, 0.1) is 13.8 Å². The van der Waals surface area contributed by atoms with Gasteiger partial charge in [0.15, 0.2) is 0 Å². The normalized spacial score (nSPS) is 13.0. The van der Waals surface area contributed by atoms with E-state index in [1.54, 1.807) is 38.1 Å². The molecule has 0 saturated carbocycles. The van der Waals surface area contributed by atoms with Crippen LogP contribution in [0.4, 0.5) is 0 Å². The highest BCUT2D eigenvalue weighted by molar-refractivity contribution is 7.89. The number of hydrogen-bond donors (Lipinski definition) is 2. The van der Waals surface area contributed by atoms with Gasteiger partial charge in [0.1, 0.15) is 22.2 Å². The summed E-state index contributed by atoms with van der Waals surface area (Å²) >= 11 is 0. The molecule has 6 nitrogen and oxygen atoms in total. The van der Waals surface area contributed by atoms with Crippen molar-refractivity contribution >= 4 is 10.0 Å². The SMILES string of the molecule is COc1ccccc1S(=O)(=O)NCC[C@@H](O)c1cc(C)oc1C. The van der Waals surface area contributed by atoms with Gasteiger partial charge in [0.25, 0.3) is 0 Å². The molecule has 0 aliphatic rings. The average Bonchev–Trinajstić information content (AvgIpc) is 2.85. The lowest BCUT2D eigenvalue weighted by Crippen LogP contribution is -2.26. The zero-order valence-electron chi connectivity index (χ0n) is 13.4. The van der Waals surface area contributed by atoms with Gasteiger partial charge in [0.2, 0.25) is 10.0 Å². The number of furan rings is 1. The maximum atomic E-state index is 12.3. The van der Waals surface area contributed by atoms with E-state index in [0.717, 1.165) is 0 Å². The van der Waals surface area contributed by atoms with Gasteiger partial charge in [0.05, 0.1) is 13.2 Å². The van der Waals surface area contributed by atoms with Crippen molar-refractivity contribution in [1.82, 2.24) is 4.72 Å². The second-order valence-corrected chi connectivity index (χ2v) is 6.96. The first-order valence-electron chi connectivity index (χ1n) is 7.23. The minimum absolute atomic E-state index is 0.0762. The predicted octanol–water partition coefficient (Wildman–Crippen LogP) is 2.31. The minimum Gasteiger partial charge on any atom is -0.495 e. The third-order valence-electron chi connectivity index (χ3n) is 3.51. The number of ether oxygens (including phenoxy) is 1. The zero-order chi connectivity index (χ0) is 17.0. The molecule has 2 N–H and O–H groups in total. The number of aryl methyl sites for hydroxylation is 2. The monoisotopic (exact) mass is 339 g/mol. The number of methoxy groups -OCH3 is 1. The fraction of sp³-hybridized carbons (Fsp3) is 0.375. The Labute approximate surface area is 136 Å². The molecular formula is C16H21NO5S. The Hall–Kier alpha value is -1.83. The maximum Gasteiger partial charge on any atom is 0.244 e. The number of rotatable bonds is 7. The minimum atomic E-state index is -3.70. The van der Waals surface area contributed by atoms with Gasteiger partial charge in [-0.05, 0) is 38.5 Å². The van der Waals surface area contributed by atoms with Crippen molar-refractivity contribution in [3.8, 4) is 5.75 Å². The fourth-order valence-corrected chi connectivity index (χ4v) is 3.60. The number of benzene rings is 1. The molecule has 0 unspecified atom stereocenters. The molecule has 126 valence electrons. The standard InChI is InChI=1S/C16H21NO5S/c1-11-10-13(12(2)22-11)14(18)8-9-17-23(19,20)16-7-5-4-6-15(16)21-3/h4-7,10,14,17-18H,8-9H2,1-3H3/t14-/m1/s1. The fourth-order valence-electron chi connectivity index (χ4n) is 2.39. The summed E-state index contributed by atoms with van der Waals surface area (Å²) in [6, 6.07) is 8.14. The van der Waals surface area contributed by atoms with Gasteiger partial charge in [-0.3, -0.25) is 0 Å². The van der Waals surface area contributed by atoms with Crippen LogP contribution in [-0.2, 0) is 10.0 Å². The van der Waals surface area contributed by atoms with Gasteiger partial charge in [0, 0.05) is 12.1 Å². The van der Waals surface area contributed by atoms with Crippen LogP contribution < -0.4 is 9.46 Å². The molecule has 0 radical (unpaired) electrons. The van der Waals surface area contributed by atoms with E-state index in [4.69, 9.17) is 9.15 Å². The van der Waals surface area contributed by atoms with Crippen LogP contribution in [0.3, 0.4) is 0 Å². The van der Waals surface area contributed by atoms with E-state index >= 15 is 0 Å². The Kier molecular flexibility index (Phi) is 5.46. The molecule has 0 spiro atoms. The van der Waals surface area contributed by atoms with Gasteiger partial charge in [-0.1, -0.05) is 12.1 Å². The first-order valence-corrected chi connectivity index (χ1v) is 8.71. The Morgan fingerprint density at radius 2 is 2.00 bits per heavy atom. The molecule has 0 saturated heterocycles. The third-order valence-corrected chi connectivity index (χ3v) is 5.01. The van der Waals surface area contributed by atoms with Crippen molar-refractivity contribution in [3.05, 3.63) is 47.4 Å². The summed E-state index contributed by atoms with van der Waals surface area (Å²) < 4.78 is 37.5. The highest BCUT2D eigenvalue weighted by atomic mass is 32.2. The summed E-state index contributed by atoms with van der Waals surface area (Å²) in [7, 11) is -2.28. The number of sulfonamides is 1. The molecule has 0 amide bonds. The van der Waals surface area contributed by atoms with Gasteiger partial charge >= 0.3 is 0 Å². The maximum absolute atomic E-state index is 12.3. The summed E-state index contributed by atoms with van der Waals surface area (Å²) in [5.74, 6) is 1.63. The molecular weight excluding hydrogens is 318 g/mol. The lowest BCUT2D eigenvalue weighted by Gasteiger charge is -2.12. The highest BCUT2D eigenvalue weighted by Gasteiger charge is 2.20. The van der Waals surface area contributed by atoms with Gasteiger partial charge in [-0.25, -0.2) is 13.1 Å². The van der Waals surface area contributed by atoms with Crippen molar-refractivity contribution in [2.24, 2.45) is 0 Å². The van der Waals surface area contributed by atoms with E-state index in [2.05, 4.69) is 4.72 Å². The molecule has 0 fully saturated rings. The van der Waals surface area contributed by atoms with Crippen LogP contribution in [0.2, 0.25) is 0 Å². The summed E-state index contributed by atoms with van der Waals surface area (Å²) in [4.78, 5) is 0.0762. The Balaban J connectivity index is 2.01. The highest BCUT2D eigenvalue weighted by Crippen LogP contribution is 2.25. The van der Waals surface area contributed by atoms with Crippen LogP contribution in [0.25, 0.3) is 0 Å².